The Morgan fingerprint density at radius 1 is 1.03 bits per heavy atom. The molecule has 0 bridgehead atoms. The van der Waals surface area contributed by atoms with Crippen LogP contribution in [-0.4, -0.2) is 68.5 Å². The van der Waals surface area contributed by atoms with E-state index in [-0.39, 0.29) is 29.0 Å². The molecule has 2 heterocycles. The Hall–Kier alpha value is -3.18. The zero-order valence-electron chi connectivity index (χ0n) is 21.9. The summed E-state index contributed by atoms with van der Waals surface area (Å²) < 4.78 is 8.86. The van der Waals surface area contributed by atoms with Gasteiger partial charge in [0.05, 0.1) is 11.0 Å². The van der Waals surface area contributed by atoms with Crippen molar-refractivity contribution in [2.45, 2.75) is 65.3 Å². The molecule has 0 saturated carbocycles. The summed E-state index contributed by atoms with van der Waals surface area (Å²) >= 11 is 0. The third-order valence-electron chi connectivity index (χ3n) is 6.52. The Kier molecular flexibility index (Phi) is 8.25. The van der Waals surface area contributed by atoms with E-state index in [4.69, 9.17) is 4.74 Å². The first-order valence-corrected chi connectivity index (χ1v) is 12.3. The molecule has 1 fully saturated rings. The van der Waals surface area contributed by atoms with E-state index in [9.17, 15) is 24.8 Å². The van der Waals surface area contributed by atoms with Crippen molar-refractivity contribution in [3.8, 4) is 5.75 Å². The summed E-state index contributed by atoms with van der Waals surface area (Å²) in [6.45, 7) is 13.8. The van der Waals surface area contributed by atoms with Gasteiger partial charge in [0, 0.05) is 56.9 Å². The quantitative estimate of drug-likeness (QED) is 0.409. The van der Waals surface area contributed by atoms with Crippen molar-refractivity contribution in [1.29, 1.82) is 0 Å². The van der Waals surface area contributed by atoms with Gasteiger partial charge >= 0.3 is 5.69 Å². The van der Waals surface area contributed by atoms with Gasteiger partial charge in [-0.15, -0.1) is 0 Å². The summed E-state index contributed by atoms with van der Waals surface area (Å²) in [7, 11) is 0. The van der Waals surface area contributed by atoms with Gasteiger partial charge < -0.3 is 14.7 Å². The van der Waals surface area contributed by atoms with E-state index in [2.05, 4.69) is 4.90 Å². The van der Waals surface area contributed by atoms with E-state index in [0.717, 1.165) is 0 Å². The molecule has 1 N–H and O–H groups in total. The highest BCUT2D eigenvalue weighted by molar-refractivity contribution is 5.40. The molecule has 36 heavy (non-hydrogen) atoms. The van der Waals surface area contributed by atoms with Gasteiger partial charge in [-0.05, 0) is 47.6 Å². The van der Waals surface area contributed by atoms with Crippen LogP contribution >= 0.6 is 0 Å². The molecular weight excluding hydrogens is 466 g/mol. The number of piperazine rings is 1. The number of aliphatic hydroxyl groups is 1. The van der Waals surface area contributed by atoms with Crippen molar-refractivity contribution in [2.75, 3.05) is 37.6 Å². The van der Waals surface area contributed by atoms with E-state index in [1.807, 2.05) is 32.6 Å². The van der Waals surface area contributed by atoms with Crippen LogP contribution in [0.5, 0.6) is 5.75 Å². The monoisotopic (exact) mass is 503 g/mol. The van der Waals surface area contributed by atoms with Crippen LogP contribution in [0.15, 0.2) is 39.9 Å². The number of nitrogens with zero attached hydrogens (tertiary/aromatic N) is 5. The fourth-order valence-electron chi connectivity index (χ4n) is 4.42. The van der Waals surface area contributed by atoms with Gasteiger partial charge in [-0.2, -0.15) is 0 Å². The van der Waals surface area contributed by atoms with Gasteiger partial charge in [-0.1, -0.05) is 6.07 Å². The number of nitro groups is 1. The van der Waals surface area contributed by atoms with Gasteiger partial charge in [-0.25, -0.2) is 4.79 Å². The predicted octanol–water partition coefficient (Wildman–Crippen LogP) is 2.42. The maximum absolute atomic E-state index is 13.1. The average molecular weight is 504 g/mol. The van der Waals surface area contributed by atoms with Crippen molar-refractivity contribution < 1.29 is 14.8 Å². The van der Waals surface area contributed by atoms with Crippen LogP contribution in [0.4, 0.5) is 11.5 Å². The van der Waals surface area contributed by atoms with Gasteiger partial charge in [-0.3, -0.25) is 28.9 Å². The average Bonchev–Trinajstić information content (AvgIpc) is 2.78. The van der Waals surface area contributed by atoms with Crippen molar-refractivity contribution in [2.24, 2.45) is 0 Å². The first-order chi connectivity index (χ1) is 16.8. The molecule has 1 aromatic carbocycles. The Morgan fingerprint density at radius 3 is 2.19 bits per heavy atom. The van der Waals surface area contributed by atoms with E-state index in [1.165, 1.54) is 16.7 Å². The number of ether oxygens (including phenoxy) is 1. The van der Waals surface area contributed by atoms with Crippen LogP contribution in [0, 0.1) is 10.1 Å². The van der Waals surface area contributed by atoms with Crippen LogP contribution in [0.2, 0.25) is 0 Å². The number of benzene rings is 1. The van der Waals surface area contributed by atoms with Crippen molar-refractivity contribution in [1.82, 2.24) is 14.0 Å². The summed E-state index contributed by atoms with van der Waals surface area (Å²) in [6, 6.07) is 7.11. The number of β-amino-alcohol motifs (C(OH)–C–C–N with tert-alkyl or cyclic N) is 1. The highest BCUT2D eigenvalue weighted by Gasteiger charge is 2.33. The third-order valence-corrected chi connectivity index (χ3v) is 6.52. The number of nitro benzene ring substituents is 1. The molecule has 0 aliphatic carbocycles. The molecule has 1 aromatic heterocycles. The van der Waals surface area contributed by atoms with Crippen molar-refractivity contribution >= 4 is 11.5 Å². The lowest BCUT2D eigenvalue weighted by molar-refractivity contribution is -0.385. The van der Waals surface area contributed by atoms with E-state index in [1.54, 1.807) is 36.6 Å². The molecule has 3 rings (SSSR count). The number of aromatic nitrogens is 2. The van der Waals surface area contributed by atoms with Gasteiger partial charge in [0.2, 0.25) is 0 Å². The van der Waals surface area contributed by atoms with E-state index in [0.29, 0.717) is 44.3 Å². The van der Waals surface area contributed by atoms with Crippen LogP contribution in [0.25, 0.3) is 0 Å². The minimum absolute atomic E-state index is 0.0742. The number of hydrogen-bond donors (Lipinski definition) is 1. The summed E-state index contributed by atoms with van der Waals surface area (Å²) in [6.07, 6.45) is -0.855. The molecule has 198 valence electrons. The molecule has 1 saturated heterocycles. The molecular formula is C25H37N5O6. The summed E-state index contributed by atoms with van der Waals surface area (Å²) in [5.41, 5.74) is -1.67. The SMILES string of the molecule is CC(C)n1c(N2CCN(CC(O)C(C)(C)Oc3cccc([N+](=O)[O-])c3)CC2)cc(=O)n(C(C)C)c1=O. The number of anilines is 1. The van der Waals surface area contributed by atoms with Crippen LogP contribution in [-0.2, 0) is 0 Å². The highest BCUT2D eigenvalue weighted by atomic mass is 16.6. The molecule has 0 radical (unpaired) electrons. The van der Waals surface area contributed by atoms with Crippen molar-refractivity contribution in [3.63, 3.8) is 0 Å². The number of rotatable bonds is 9. The Bertz CT molecular complexity index is 1190. The van der Waals surface area contributed by atoms with Crippen LogP contribution < -0.4 is 20.9 Å². The van der Waals surface area contributed by atoms with Crippen LogP contribution in [0.3, 0.4) is 0 Å². The van der Waals surface area contributed by atoms with Gasteiger partial charge in [0.1, 0.15) is 23.3 Å². The zero-order chi connectivity index (χ0) is 26.8. The molecule has 1 atom stereocenters. The predicted molar refractivity (Wildman–Crippen MR) is 138 cm³/mol. The highest BCUT2D eigenvalue weighted by Crippen LogP contribution is 2.26. The summed E-state index contributed by atoms with van der Waals surface area (Å²) in [5.74, 6) is 0.937. The molecule has 1 unspecified atom stereocenters. The van der Waals surface area contributed by atoms with Crippen LogP contribution in [0.1, 0.15) is 53.6 Å². The number of aliphatic hydroxyl groups excluding tert-OH is 1. The number of hydrogen-bond acceptors (Lipinski definition) is 8. The fraction of sp³-hybridized carbons (Fsp3) is 0.600. The van der Waals surface area contributed by atoms with Crippen molar-refractivity contribution in [3.05, 3.63) is 61.3 Å². The summed E-state index contributed by atoms with van der Waals surface area (Å²) in [4.78, 5) is 40.4. The normalized spacial score (nSPS) is 16.0. The molecule has 1 aliphatic heterocycles. The lowest BCUT2D eigenvalue weighted by atomic mass is 10.0. The molecule has 11 heteroatoms. The molecule has 0 spiro atoms. The third kappa shape index (κ3) is 5.96. The van der Waals surface area contributed by atoms with Gasteiger partial charge in [0.15, 0.2) is 0 Å². The zero-order valence-corrected chi connectivity index (χ0v) is 21.9. The van der Waals surface area contributed by atoms with E-state index >= 15 is 0 Å². The molecule has 1 aliphatic rings. The minimum Gasteiger partial charge on any atom is -0.485 e. The summed E-state index contributed by atoms with van der Waals surface area (Å²) in [5, 5.41) is 22.0. The molecule has 2 aromatic rings. The topological polar surface area (TPSA) is 123 Å². The first kappa shape index (κ1) is 27.4. The second kappa shape index (κ2) is 10.8. The fourth-order valence-corrected chi connectivity index (χ4v) is 4.42. The Balaban J connectivity index is 1.68. The van der Waals surface area contributed by atoms with E-state index < -0.39 is 16.6 Å². The first-order valence-electron chi connectivity index (χ1n) is 12.3. The standard InChI is InChI=1S/C25H37N5O6/c1-17(2)28-22(15-23(32)29(18(3)4)24(28)33)27-12-10-26(11-13-27)16-21(31)25(5,6)36-20-9-7-8-19(14-20)30(34)35/h7-9,14-15,17-18,21,31H,10-13,16H2,1-6H3. The Labute approximate surface area is 210 Å². The maximum Gasteiger partial charge on any atom is 0.333 e. The molecule has 0 amide bonds. The lowest BCUT2D eigenvalue weighted by Gasteiger charge is -2.40. The number of non-ortho nitro benzene ring substituents is 1. The maximum atomic E-state index is 13.1. The second-order valence-electron chi connectivity index (χ2n) is 10.3. The lowest BCUT2D eigenvalue weighted by Crippen LogP contribution is -2.54. The largest absolute Gasteiger partial charge is 0.485 e. The Morgan fingerprint density at radius 2 is 1.64 bits per heavy atom. The smallest absolute Gasteiger partial charge is 0.333 e. The second-order valence-corrected chi connectivity index (χ2v) is 10.3. The van der Waals surface area contributed by atoms with Gasteiger partial charge in [0.25, 0.3) is 11.2 Å². The minimum atomic E-state index is -0.980. The molecule has 11 nitrogen and oxygen atoms in total.